The van der Waals surface area contributed by atoms with E-state index in [9.17, 15) is 9.59 Å². The Morgan fingerprint density at radius 3 is 2.62 bits per heavy atom. The average Bonchev–Trinajstić information content (AvgIpc) is 3.20. The SMILES string of the molecule is Cc1nnc(-c2cccc(NC(=O)C3CCCCN3C(=O)C3CCCCC3)c2)s1. The number of aryl methyl sites for hydroxylation is 1. The molecule has 6 nitrogen and oxygen atoms in total. The molecule has 1 aromatic carbocycles. The van der Waals surface area contributed by atoms with Gasteiger partial charge in [-0.3, -0.25) is 9.59 Å². The summed E-state index contributed by atoms with van der Waals surface area (Å²) in [6, 6.07) is 7.31. The number of anilines is 1. The van der Waals surface area contributed by atoms with E-state index in [0.29, 0.717) is 6.54 Å². The summed E-state index contributed by atoms with van der Waals surface area (Å²) in [5, 5.41) is 13.0. The van der Waals surface area contributed by atoms with Gasteiger partial charge in [0.2, 0.25) is 11.8 Å². The highest BCUT2D eigenvalue weighted by molar-refractivity contribution is 7.14. The van der Waals surface area contributed by atoms with Crippen molar-refractivity contribution in [2.24, 2.45) is 5.92 Å². The number of aromatic nitrogens is 2. The number of rotatable bonds is 4. The van der Waals surface area contributed by atoms with Gasteiger partial charge in [-0.15, -0.1) is 10.2 Å². The number of likely N-dealkylation sites (tertiary alicyclic amines) is 1. The van der Waals surface area contributed by atoms with E-state index in [1.165, 1.54) is 17.8 Å². The van der Waals surface area contributed by atoms with Crippen LogP contribution in [0.2, 0.25) is 0 Å². The fourth-order valence-electron chi connectivity index (χ4n) is 4.42. The van der Waals surface area contributed by atoms with Gasteiger partial charge < -0.3 is 10.2 Å². The van der Waals surface area contributed by atoms with Gasteiger partial charge in [0.25, 0.3) is 0 Å². The molecule has 2 heterocycles. The van der Waals surface area contributed by atoms with Gasteiger partial charge in [-0.1, -0.05) is 42.7 Å². The van der Waals surface area contributed by atoms with E-state index < -0.39 is 0 Å². The first-order valence-corrected chi connectivity index (χ1v) is 11.5. The van der Waals surface area contributed by atoms with Crippen molar-refractivity contribution < 1.29 is 9.59 Å². The van der Waals surface area contributed by atoms with Gasteiger partial charge >= 0.3 is 0 Å². The summed E-state index contributed by atoms with van der Waals surface area (Å²) in [6.45, 7) is 2.62. The average molecular weight is 413 g/mol. The number of nitrogens with one attached hydrogen (secondary N) is 1. The molecule has 1 saturated carbocycles. The minimum absolute atomic E-state index is 0.0838. The molecule has 1 aromatic heterocycles. The third kappa shape index (κ3) is 4.66. The Hall–Kier alpha value is -2.28. The van der Waals surface area contributed by atoms with Gasteiger partial charge in [0.1, 0.15) is 16.1 Å². The van der Waals surface area contributed by atoms with Gasteiger partial charge in [0.15, 0.2) is 0 Å². The molecule has 29 heavy (non-hydrogen) atoms. The number of piperidine rings is 1. The summed E-state index contributed by atoms with van der Waals surface area (Å²) in [4.78, 5) is 28.0. The second-order valence-electron chi connectivity index (χ2n) is 8.07. The first kappa shape index (κ1) is 20.0. The van der Waals surface area contributed by atoms with Crippen molar-refractivity contribution in [3.63, 3.8) is 0 Å². The molecule has 7 heteroatoms. The Morgan fingerprint density at radius 1 is 1.07 bits per heavy atom. The van der Waals surface area contributed by atoms with E-state index in [-0.39, 0.29) is 23.8 Å². The highest BCUT2D eigenvalue weighted by atomic mass is 32.1. The molecule has 1 unspecified atom stereocenters. The van der Waals surface area contributed by atoms with Gasteiger partial charge in [-0.05, 0) is 51.2 Å². The number of benzene rings is 1. The quantitative estimate of drug-likeness (QED) is 0.807. The minimum atomic E-state index is -0.370. The van der Waals surface area contributed by atoms with Crippen molar-refractivity contribution in [2.45, 2.75) is 64.3 Å². The largest absolute Gasteiger partial charge is 0.330 e. The molecule has 1 aliphatic carbocycles. The van der Waals surface area contributed by atoms with E-state index in [4.69, 9.17) is 0 Å². The molecule has 1 aliphatic heterocycles. The lowest BCUT2D eigenvalue weighted by Gasteiger charge is -2.37. The van der Waals surface area contributed by atoms with Crippen molar-refractivity contribution in [2.75, 3.05) is 11.9 Å². The predicted molar refractivity (Wildman–Crippen MR) is 115 cm³/mol. The van der Waals surface area contributed by atoms with Crippen LogP contribution in [0.4, 0.5) is 5.69 Å². The van der Waals surface area contributed by atoms with Crippen LogP contribution in [0.15, 0.2) is 24.3 Å². The summed E-state index contributed by atoms with van der Waals surface area (Å²) >= 11 is 1.53. The van der Waals surface area contributed by atoms with Gasteiger partial charge in [-0.25, -0.2) is 0 Å². The zero-order valence-electron chi connectivity index (χ0n) is 16.9. The number of nitrogens with zero attached hydrogens (tertiary/aromatic N) is 3. The standard InChI is InChI=1S/C22H28N4O2S/c1-15-24-25-21(29-15)17-10-7-11-18(14-17)23-20(27)19-12-5-6-13-26(19)22(28)16-8-3-2-4-9-16/h7,10-11,14,16,19H,2-6,8-9,12-13H2,1H3,(H,23,27). The lowest BCUT2D eigenvalue weighted by molar-refractivity contribution is -0.144. The van der Waals surface area contributed by atoms with Crippen molar-refractivity contribution in [3.8, 4) is 10.6 Å². The van der Waals surface area contributed by atoms with Crippen LogP contribution < -0.4 is 5.32 Å². The van der Waals surface area contributed by atoms with Crippen molar-refractivity contribution >= 4 is 28.8 Å². The van der Waals surface area contributed by atoms with E-state index in [2.05, 4.69) is 15.5 Å². The molecular weight excluding hydrogens is 384 g/mol. The van der Waals surface area contributed by atoms with Crippen LogP contribution in [-0.2, 0) is 9.59 Å². The fourth-order valence-corrected chi connectivity index (χ4v) is 5.11. The summed E-state index contributed by atoms with van der Waals surface area (Å²) in [5.41, 5.74) is 1.67. The van der Waals surface area contributed by atoms with Crippen LogP contribution in [0.25, 0.3) is 10.6 Å². The predicted octanol–water partition coefficient (Wildman–Crippen LogP) is 4.41. The van der Waals surface area contributed by atoms with E-state index in [1.807, 2.05) is 36.1 Å². The summed E-state index contributed by atoms with van der Waals surface area (Å²) in [5.74, 6) is 0.197. The maximum absolute atomic E-state index is 13.1. The normalized spacial score (nSPS) is 20.4. The van der Waals surface area contributed by atoms with Gasteiger partial charge in [0.05, 0.1) is 0 Å². The Morgan fingerprint density at radius 2 is 1.86 bits per heavy atom. The van der Waals surface area contributed by atoms with Crippen LogP contribution >= 0.6 is 11.3 Å². The van der Waals surface area contributed by atoms with Crippen LogP contribution in [0.3, 0.4) is 0 Å². The molecular formula is C22H28N4O2S. The molecule has 1 atom stereocenters. The zero-order chi connectivity index (χ0) is 20.2. The van der Waals surface area contributed by atoms with Crippen molar-refractivity contribution in [1.29, 1.82) is 0 Å². The lowest BCUT2D eigenvalue weighted by Crippen LogP contribution is -2.52. The maximum Gasteiger partial charge on any atom is 0.247 e. The first-order chi connectivity index (χ1) is 14.1. The molecule has 2 aromatic rings. The highest BCUT2D eigenvalue weighted by Gasteiger charge is 2.35. The molecule has 1 saturated heterocycles. The molecule has 154 valence electrons. The van der Waals surface area contributed by atoms with Gasteiger partial charge in [-0.2, -0.15) is 0 Å². The number of carbonyl (C=O) groups is 2. The second kappa shape index (κ2) is 9.03. The highest BCUT2D eigenvalue weighted by Crippen LogP contribution is 2.29. The molecule has 0 spiro atoms. The summed E-state index contributed by atoms with van der Waals surface area (Å²) in [7, 11) is 0. The fraction of sp³-hybridized carbons (Fsp3) is 0.545. The Labute approximate surface area is 175 Å². The Balaban J connectivity index is 1.47. The van der Waals surface area contributed by atoms with Crippen molar-refractivity contribution in [3.05, 3.63) is 29.3 Å². The van der Waals surface area contributed by atoms with Crippen LogP contribution in [-0.4, -0.2) is 39.5 Å². The molecule has 0 radical (unpaired) electrons. The minimum Gasteiger partial charge on any atom is -0.330 e. The number of amides is 2. The zero-order valence-corrected chi connectivity index (χ0v) is 17.7. The molecule has 2 aliphatic rings. The van der Waals surface area contributed by atoms with Crippen LogP contribution in [0.1, 0.15) is 56.4 Å². The summed E-state index contributed by atoms with van der Waals surface area (Å²) in [6.07, 6.45) is 8.10. The number of hydrogen-bond acceptors (Lipinski definition) is 5. The Kier molecular flexibility index (Phi) is 6.23. The number of hydrogen-bond donors (Lipinski definition) is 1. The van der Waals surface area contributed by atoms with Crippen molar-refractivity contribution in [1.82, 2.24) is 15.1 Å². The van der Waals surface area contributed by atoms with E-state index in [0.717, 1.165) is 66.2 Å². The lowest BCUT2D eigenvalue weighted by atomic mass is 9.87. The molecule has 1 N–H and O–H groups in total. The second-order valence-corrected chi connectivity index (χ2v) is 9.26. The summed E-state index contributed by atoms with van der Waals surface area (Å²) < 4.78 is 0. The smallest absolute Gasteiger partial charge is 0.247 e. The number of carbonyl (C=O) groups excluding carboxylic acids is 2. The molecule has 4 rings (SSSR count). The molecule has 2 fully saturated rings. The topological polar surface area (TPSA) is 75.2 Å². The maximum atomic E-state index is 13.1. The molecule has 0 bridgehead atoms. The third-order valence-corrected chi connectivity index (χ3v) is 6.83. The monoisotopic (exact) mass is 412 g/mol. The van der Waals surface area contributed by atoms with E-state index in [1.54, 1.807) is 0 Å². The molecule has 2 amide bonds. The Bertz CT molecular complexity index is 875. The van der Waals surface area contributed by atoms with Gasteiger partial charge in [0, 0.05) is 23.7 Å². The third-order valence-electron chi connectivity index (χ3n) is 5.95. The van der Waals surface area contributed by atoms with Crippen LogP contribution in [0.5, 0.6) is 0 Å². The first-order valence-electron chi connectivity index (χ1n) is 10.6. The van der Waals surface area contributed by atoms with E-state index >= 15 is 0 Å². The van der Waals surface area contributed by atoms with Crippen LogP contribution in [0, 0.1) is 12.8 Å².